The van der Waals surface area contributed by atoms with Gasteiger partial charge < -0.3 is 14.6 Å². The van der Waals surface area contributed by atoms with Crippen molar-refractivity contribution in [3.8, 4) is 17.6 Å². The Labute approximate surface area is 111 Å². The molecule has 19 heavy (non-hydrogen) atoms. The van der Waals surface area contributed by atoms with Gasteiger partial charge in [-0.2, -0.15) is 5.26 Å². The summed E-state index contributed by atoms with van der Waals surface area (Å²) in [6, 6.07) is 6.64. The lowest BCUT2D eigenvalue weighted by Crippen LogP contribution is -2.00. The molecule has 0 heterocycles. The van der Waals surface area contributed by atoms with Crippen LogP contribution in [-0.4, -0.2) is 24.3 Å². The molecule has 1 aromatic carbocycles. The number of nitriles is 1. The number of nitrogens with zero attached hydrogens (tertiary/aromatic N) is 1. The van der Waals surface area contributed by atoms with Crippen LogP contribution in [0, 0.1) is 11.3 Å². The number of carboxylic acids is 1. The first-order valence-corrected chi connectivity index (χ1v) is 5.87. The van der Waals surface area contributed by atoms with Crippen molar-refractivity contribution in [1.29, 1.82) is 5.26 Å². The number of carbonyl (C=O) groups is 1. The first-order valence-electron chi connectivity index (χ1n) is 5.87. The first-order chi connectivity index (χ1) is 9.12. The first kappa shape index (κ1) is 14.6. The van der Waals surface area contributed by atoms with Gasteiger partial charge in [0.15, 0.2) is 11.5 Å². The molecular weight excluding hydrogens is 246 g/mol. The van der Waals surface area contributed by atoms with E-state index in [1.807, 2.05) is 13.8 Å². The Bertz CT molecular complexity index is 529. The fraction of sp³-hybridized carbons (Fsp3) is 0.286. The van der Waals surface area contributed by atoms with Gasteiger partial charge in [-0.05, 0) is 37.6 Å². The topological polar surface area (TPSA) is 79.5 Å². The highest BCUT2D eigenvalue weighted by Crippen LogP contribution is 2.29. The van der Waals surface area contributed by atoms with Crippen molar-refractivity contribution in [3.05, 3.63) is 29.3 Å². The second-order valence-corrected chi connectivity index (χ2v) is 3.55. The summed E-state index contributed by atoms with van der Waals surface area (Å²) in [6.07, 6.45) is 1.29. The number of ether oxygens (including phenoxy) is 2. The van der Waals surface area contributed by atoms with Crippen LogP contribution in [0.2, 0.25) is 0 Å². The molecule has 0 unspecified atom stereocenters. The highest BCUT2D eigenvalue weighted by atomic mass is 16.5. The number of rotatable bonds is 6. The SMILES string of the molecule is CCOc1ccc(/C=C(\C#N)C(=O)O)cc1OCC. The van der Waals surface area contributed by atoms with Gasteiger partial charge in [0.1, 0.15) is 11.6 Å². The summed E-state index contributed by atoms with van der Waals surface area (Å²) < 4.78 is 10.8. The van der Waals surface area contributed by atoms with E-state index < -0.39 is 5.97 Å². The summed E-state index contributed by atoms with van der Waals surface area (Å²) in [5, 5.41) is 17.5. The zero-order valence-electron chi connectivity index (χ0n) is 10.8. The molecule has 1 N–H and O–H groups in total. The Morgan fingerprint density at radius 3 is 2.47 bits per heavy atom. The van der Waals surface area contributed by atoms with Gasteiger partial charge >= 0.3 is 5.97 Å². The minimum atomic E-state index is -1.26. The molecule has 0 fully saturated rings. The standard InChI is InChI=1S/C14H15NO4/c1-3-18-12-6-5-10(8-13(12)19-4-2)7-11(9-15)14(16)17/h5-8H,3-4H2,1-2H3,(H,16,17)/b11-7+. The second kappa shape index (κ2) is 7.07. The lowest BCUT2D eigenvalue weighted by Gasteiger charge is -2.11. The van der Waals surface area contributed by atoms with Crippen molar-refractivity contribution >= 4 is 12.0 Å². The summed E-state index contributed by atoms with van der Waals surface area (Å²) in [6.45, 7) is 4.68. The molecule has 1 rings (SSSR count). The minimum Gasteiger partial charge on any atom is -0.490 e. The molecule has 5 nitrogen and oxygen atoms in total. The van der Waals surface area contributed by atoms with Crippen LogP contribution in [0.15, 0.2) is 23.8 Å². The van der Waals surface area contributed by atoms with E-state index in [1.54, 1.807) is 24.3 Å². The fourth-order valence-electron chi connectivity index (χ4n) is 1.47. The third kappa shape index (κ3) is 4.03. The molecule has 0 saturated heterocycles. The van der Waals surface area contributed by atoms with Crippen molar-refractivity contribution < 1.29 is 19.4 Å². The third-order valence-corrected chi connectivity index (χ3v) is 2.23. The molecule has 0 aliphatic heterocycles. The summed E-state index contributed by atoms with van der Waals surface area (Å²) in [4.78, 5) is 10.8. The van der Waals surface area contributed by atoms with Crippen LogP contribution in [-0.2, 0) is 4.79 Å². The number of hydrogen-bond donors (Lipinski definition) is 1. The van der Waals surface area contributed by atoms with Crippen molar-refractivity contribution in [2.45, 2.75) is 13.8 Å². The molecule has 0 saturated carbocycles. The Balaban J connectivity index is 3.14. The predicted molar refractivity (Wildman–Crippen MR) is 70.0 cm³/mol. The molecule has 0 aliphatic rings. The van der Waals surface area contributed by atoms with E-state index in [9.17, 15) is 4.79 Å². The summed E-state index contributed by atoms with van der Waals surface area (Å²) >= 11 is 0. The second-order valence-electron chi connectivity index (χ2n) is 3.55. The Morgan fingerprint density at radius 2 is 1.95 bits per heavy atom. The van der Waals surface area contributed by atoms with Gasteiger partial charge in [0.2, 0.25) is 0 Å². The highest BCUT2D eigenvalue weighted by molar-refractivity contribution is 5.96. The van der Waals surface area contributed by atoms with Crippen molar-refractivity contribution in [2.75, 3.05) is 13.2 Å². The molecule has 0 aliphatic carbocycles. The Morgan fingerprint density at radius 1 is 1.32 bits per heavy atom. The van der Waals surface area contributed by atoms with Crippen LogP contribution in [0.25, 0.3) is 6.08 Å². The average Bonchev–Trinajstić information content (AvgIpc) is 2.39. The van der Waals surface area contributed by atoms with Crippen LogP contribution in [0.3, 0.4) is 0 Å². The summed E-state index contributed by atoms with van der Waals surface area (Å²) in [7, 11) is 0. The molecule has 5 heteroatoms. The minimum absolute atomic E-state index is 0.327. The number of hydrogen-bond acceptors (Lipinski definition) is 4. The van der Waals surface area contributed by atoms with Gasteiger partial charge in [0, 0.05) is 0 Å². The van der Waals surface area contributed by atoms with E-state index in [-0.39, 0.29) is 5.57 Å². The Hall–Kier alpha value is -2.48. The van der Waals surface area contributed by atoms with Crippen LogP contribution < -0.4 is 9.47 Å². The van der Waals surface area contributed by atoms with Crippen LogP contribution in [0.1, 0.15) is 19.4 Å². The van der Waals surface area contributed by atoms with E-state index in [0.29, 0.717) is 30.3 Å². The van der Waals surface area contributed by atoms with Crippen molar-refractivity contribution in [1.82, 2.24) is 0 Å². The van der Waals surface area contributed by atoms with E-state index >= 15 is 0 Å². The van der Waals surface area contributed by atoms with Gasteiger partial charge in [0.25, 0.3) is 0 Å². The largest absolute Gasteiger partial charge is 0.490 e. The van der Waals surface area contributed by atoms with Gasteiger partial charge in [-0.15, -0.1) is 0 Å². The predicted octanol–water partition coefficient (Wildman–Crippen LogP) is 2.48. The zero-order valence-corrected chi connectivity index (χ0v) is 10.8. The molecule has 100 valence electrons. The van der Waals surface area contributed by atoms with Crippen LogP contribution in [0.4, 0.5) is 0 Å². The molecule has 0 radical (unpaired) electrons. The Kier molecular flexibility index (Phi) is 5.42. The lowest BCUT2D eigenvalue weighted by atomic mass is 10.1. The maximum absolute atomic E-state index is 10.8. The summed E-state index contributed by atoms with van der Waals surface area (Å²) in [5.41, 5.74) is 0.248. The van der Waals surface area contributed by atoms with Crippen molar-refractivity contribution in [3.63, 3.8) is 0 Å². The zero-order chi connectivity index (χ0) is 14.3. The lowest BCUT2D eigenvalue weighted by molar-refractivity contribution is -0.132. The molecule has 1 aromatic rings. The van der Waals surface area contributed by atoms with Crippen LogP contribution in [0.5, 0.6) is 11.5 Å². The van der Waals surface area contributed by atoms with E-state index in [2.05, 4.69) is 0 Å². The average molecular weight is 261 g/mol. The maximum Gasteiger partial charge on any atom is 0.346 e. The maximum atomic E-state index is 10.8. The van der Waals surface area contributed by atoms with Crippen molar-refractivity contribution in [2.24, 2.45) is 0 Å². The smallest absolute Gasteiger partial charge is 0.346 e. The number of benzene rings is 1. The normalized spacial score (nSPS) is 10.7. The summed E-state index contributed by atoms with van der Waals surface area (Å²) in [5.74, 6) is -0.134. The van der Waals surface area contributed by atoms with E-state index in [0.717, 1.165) is 0 Å². The molecule has 0 spiro atoms. The van der Waals surface area contributed by atoms with Gasteiger partial charge in [0.05, 0.1) is 13.2 Å². The van der Waals surface area contributed by atoms with Gasteiger partial charge in [-0.25, -0.2) is 4.79 Å². The molecule has 0 bridgehead atoms. The number of aliphatic carboxylic acids is 1. The van der Waals surface area contributed by atoms with Gasteiger partial charge in [-0.3, -0.25) is 0 Å². The highest BCUT2D eigenvalue weighted by Gasteiger charge is 2.09. The molecule has 0 atom stereocenters. The number of carboxylic acid groups (broad SMARTS) is 1. The monoisotopic (exact) mass is 261 g/mol. The molecule has 0 aromatic heterocycles. The quantitative estimate of drug-likeness (QED) is 0.628. The van der Waals surface area contributed by atoms with Crippen LogP contribution >= 0.6 is 0 Å². The molecular formula is C14H15NO4. The third-order valence-electron chi connectivity index (χ3n) is 2.23. The fourth-order valence-corrected chi connectivity index (χ4v) is 1.47. The van der Waals surface area contributed by atoms with E-state index in [4.69, 9.17) is 19.8 Å². The van der Waals surface area contributed by atoms with Gasteiger partial charge in [-0.1, -0.05) is 6.07 Å². The van der Waals surface area contributed by atoms with E-state index in [1.165, 1.54) is 6.08 Å². The molecule has 0 amide bonds.